The molecule has 3 nitrogen and oxygen atoms in total. The molecule has 0 spiro atoms. The van der Waals surface area contributed by atoms with Crippen molar-refractivity contribution in [3.63, 3.8) is 0 Å². The van der Waals surface area contributed by atoms with E-state index in [0.29, 0.717) is 18.6 Å². The Morgan fingerprint density at radius 3 is 2.87 bits per heavy atom. The normalized spacial score (nSPS) is 22.8. The highest BCUT2D eigenvalue weighted by molar-refractivity contribution is 4.75. The number of likely N-dealkylation sites (tertiary alicyclic amines) is 1. The third kappa shape index (κ3) is 5.50. The van der Waals surface area contributed by atoms with Crippen molar-refractivity contribution in [1.82, 2.24) is 4.90 Å². The molecule has 1 fully saturated rings. The van der Waals surface area contributed by atoms with Gasteiger partial charge in [0.25, 0.3) is 0 Å². The molecule has 0 bridgehead atoms. The van der Waals surface area contributed by atoms with Crippen molar-refractivity contribution in [2.45, 2.75) is 39.2 Å². The van der Waals surface area contributed by atoms with Gasteiger partial charge in [-0.15, -0.1) is 0 Å². The molecule has 1 atom stereocenters. The molecule has 0 aliphatic carbocycles. The van der Waals surface area contributed by atoms with Crippen LogP contribution in [-0.4, -0.2) is 49.0 Å². The van der Waals surface area contributed by atoms with Gasteiger partial charge >= 0.3 is 0 Å². The lowest BCUT2D eigenvalue weighted by molar-refractivity contribution is 0.0416. The van der Waals surface area contributed by atoms with Gasteiger partial charge in [0.1, 0.15) is 0 Å². The second-order valence-corrected chi connectivity index (χ2v) is 4.87. The van der Waals surface area contributed by atoms with Gasteiger partial charge in [-0.05, 0) is 31.7 Å². The molecule has 1 unspecified atom stereocenters. The van der Waals surface area contributed by atoms with E-state index in [1.807, 2.05) is 0 Å². The minimum Gasteiger partial charge on any atom is -0.396 e. The van der Waals surface area contributed by atoms with E-state index in [-0.39, 0.29) is 0 Å². The zero-order chi connectivity index (χ0) is 11.1. The SMILES string of the molecule is CC(C)COC1CCN(CCCCO)C1. The minimum absolute atomic E-state index is 0.321. The standard InChI is InChI=1S/C12H25NO2/c1-11(2)10-15-12-5-7-13(9-12)6-3-4-8-14/h11-12,14H,3-10H2,1-2H3. The molecule has 1 aliphatic rings. The smallest absolute Gasteiger partial charge is 0.0714 e. The van der Waals surface area contributed by atoms with Gasteiger partial charge in [0.2, 0.25) is 0 Å². The lowest BCUT2D eigenvalue weighted by Gasteiger charge is -2.16. The van der Waals surface area contributed by atoms with Crippen molar-refractivity contribution in [2.75, 3.05) is 32.8 Å². The molecule has 1 N–H and O–H groups in total. The van der Waals surface area contributed by atoms with Crippen LogP contribution in [0, 0.1) is 5.92 Å². The molecular weight excluding hydrogens is 190 g/mol. The fourth-order valence-electron chi connectivity index (χ4n) is 1.91. The summed E-state index contributed by atoms with van der Waals surface area (Å²) >= 11 is 0. The summed E-state index contributed by atoms with van der Waals surface area (Å²) < 4.78 is 5.81. The molecule has 3 heteroatoms. The minimum atomic E-state index is 0.321. The molecule has 1 heterocycles. The Hall–Kier alpha value is -0.120. The van der Waals surface area contributed by atoms with E-state index in [4.69, 9.17) is 9.84 Å². The Morgan fingerprint density at radius 1 is 1.40 bits per heavy atom. The molecule has 0 amide bonds. The van der Waals surface area contributed by atoms with Gasteiger partial charge < -0.3 is 14.7 Å². The van der Waals surface area contributed by atoms with Gasteiger partial charge in [-0.2, -0.15) is 0 Å². The predicted octanol–water partition coefficient (Wildman–Crippen LogP) is 1.51. The summed E-state index contributed by atoms with van der Waals surface area (Å²) in [4.78, 5) is 2.45. The zero-order valence-electron chi connectivity index (χ0n) is 10.1. The monoisotopic (exact) mass is 215 g/mol. The molecule has 0 saturated carbocycles. The average Bonchev–Trinajstić information content (AvgIpc) is 2.63. The number of aliphatic hydroxyl groups excluding tert-OH is 1. The van der Waals surface area contributed by atoms with Crippen LogP contribution in [0.2, 0.25) is 0 Å². The third-order valence-electron chi connectivity index (χ3n) is 2.78. The number of aliphatic hydroxyl groups is 1. The lowest BCUT2D eigenvalue weighted by Crippen LogP contribution is -2.25. The maximum Gasteiger partial charge on any atom is 0.0714 e. The highest BCUT2D eigenvalue weighted by atomic mass is 16.5. The largest absolute Gasteiger partial charge is 0.396 e. The molecule has 15 heavy (non-hydrogen) atoms. The molecule has 0 aromatic heterocycles. The average molecular weight is 215 g/mol. The summed E-state index contributed by atoms with van der Waals surface area (Å²) in [5.41, 5.74) is 0. The van der Waals surface area contributed by atoms with E-state index >= 15 is 0 Å². The second kappa shape index (κ2) is 7.20. The molecule has 1 saturated heterocycles. The quantitative estimate of drug-likeness (QED) is 0.653. The number of unbranched alkanes of at least 4 members (excludes halogenated alkanes) is 1. The summed E-state index contributed by atoms with van der Waals surface area (Å²) in [6.45, 7) is 8.94. The van der Waals surface area contributed by atoms with Gasteiger partial charge in [0.15, 0.2) is 0 Å². The van der Waals surface area contributed by atoms with E-state index in [2.05, 4.69) is 18.7 Å². The van der Waals surface area contributed by atoms with Crippen LogP contribution in [0.4, 0.5) is 0 Å². The van der Waals surface area contributed by atoms with E-state index in [1.54, 1.807) is 0 Å². The number of hydrogen-bond donors (Lipinski definition) is 1. The summed E-state index contributed by atoms with van der Waals surface area (Å²) in [5.74, 6) is 0.633. The highest BCUT2D eigenvalue weighted by Crippen LogP contribution is 2.14. The van der Waals surface area contributed by atoms with Gasteiger partial charge in [-0.25, -0.2) is 0 Å². The maximum absolute atomic E-state index is 8.69. The van der Waals surface area contributed by atoms with E-state index in [9.17, 15) is 0 Å². The first kappa shape index (κ1) is 12.9. The summed E-state index contributed by atoms with van der Waals surface area (Å²) in [5, 5.41) is 8.69. The fraction of sp³-hybridized carbons (Fsp3) is 1.00. The Balaban J connectivity index is 2.04. The molecule has 0 radical (unpaired) electrons. The van der Waals surface area contributed by atoms with Gasteiger partial charge in [-0.1, -0.05) is 13.8 Å². The zero-order valence-corrected chi connectivity index (χ0v) is 10.1. The first-order chi connectivity index (χ1) is 7.22. The molecule has 0 aromatic carbocycles. The summed E-state index contributed by atoms with van der Waals surface area (Å²) in [7, 11) is 0. The maximum atomic E-state index is 8.69. The van der Waals surface area contributed by atoms with Crippen molar-refractivity contribution in [1.29, 1.82) is 0 Å². The van der Waals surface area contributed by atoms with E-state index in [0.717, 1.165) is 39.1 Å². The van der Waals surface area contributed by atoms with Gasteiger partial charge in [0.05, 0.1) is 6.10 Å². The Morgan fingerprint density at radius 2 is 2.20 bits per heavy atom. The van der Waals surface area contributed by atoms with Crippen LogP contribution in [0.15, 0.2) is 0 Å². The fourth-order valence-corrected chi connectivity index (χ4v) is 1.91. The van der Waals surface area contributed by atoms with Crippen molar-refractivity contribution in [3.8, 4) is 0 Å². The van der Waals surface area contributed by atoms with Crippen LogP contribution in [0.1, 0.15) is 33.1 Å². The Labute approximate surface area is 93.4 Å². The molecule has 1 aliphatic heterocycles. The predicted molar refractivity (Wildman–Crippen MR) is 62.0 cm³/mol. The highest BCUT2D eigenvalue weighted by Gasteiger charge is 2.22. The van der Waals surface area contributed by atoms with Crippen LogP contribution < -0.4 is 0 Å². The number of ether oxygens (including phenoxy) is 1. The second-order valence-electron chi connectivity index (χ2n) is 4.87. The molecule has 90 valence electrons. The Kier molecular flexibility index (Phi) is 6.22. The van der Waals surface area contributed by atoms with Gasteiger partial charge in [0, 0.05) is 26.3 Å². The summed E-state index contributed by atoms with van der Waals surface area (Å²) in [6, 6.07) is 0. The van der Waals surface area contributed by atoms with Crippen molar-refractivity contribution in [2.24, 2.45) is 5.92 Å². The third-order valence-corrected chi connectivity index (χ3v) is 2.78. The molecule has 1 rings (SSSR count). The van der Waals surface area contributed by atoms with Crippen LogP contribution in [0.3, 0.4) is 0 Å². The molecule has 0 aromatic rings. The summed E-state index contributed by atoms with van der Waals surface area (Å²) in [6.07, 6.45) is 3.65. The lowest BCUT2D eigenvalue weighted by atomic mass is 10.2. The first-order valence-corrected chi connectivity index (χ1v) is 6.17. The molecular formula is C12H25NO2. The first-order valence-electron chi connectivity index (χ1n) is 6.17. The topological polar surface area (TPSA) is 32.7 Å². The van der Waals surface area contributed by atoms with Crippen molar-refractivity contribution < 1.29 is 9.84 Å². The number of nitrogens with zero attached hydrogens (tertiary/aromatic N) is 1. The van der Waals surface area contributed by atoms with E-state index in [1.165, 1.54) is 6.42 Å². The Bertz CT molecular complexity index is 162. The van der Waals surface area contributed by atoms with Crippen molar-refractivity contribution in [3.05, 3.63) is 0 Å². The van der Waals surface area contributed by atoms with Crippen LogP contribution >= 0.6 is 0 Å². The number of hydrogen-bond acceptors (Lipinski definition) is 3. The van der Waals surface area contributed by atoms with Gasteiger partial charge in [-0.3, -0.25) is 0 Å². The van der Waals surface area contributed by atoms with Crippen molar-refractivity contribution >= 4 is 0 Å². The van der Waals surface area contributed by atoms with E-state index < -0.39 is 0 Å². The van der Waals surface area contributed by atoms with Crippen LogP contribution in [-0.2, 0) is 4.74 Å². The van der Waals surface area contributed by atoms with Crippen LogP contribution in [0.5, 0.6) is 0 Å². The number of rotatable bonds is 7. The van der Waals surface area contributed by atoms with Crippen LogP contribution in [0.25, 0.3) is 0 Å².